The summed E-state index contributed by atoms with van der Waals surface area (Å²) < 4.78 is 16.9. The number of carbonyl (C=O) groups excluding carboxylic acids is 3. The lowest BCUT2D eigenvalue weighted by molar-refractivity contribution is -0.167. The van der Waals surface area contributed by atoms with Crippen molar-refractivity contribution in [2.75, 3.05) is 13.2 Å². The molecule has 0 aromatic carbocycles. The summed E-state index contributed by atoms with van der Waals surface area (Å²) in [6, 6.07) is 0. The number of rotatable bonds is 67. The highest BCUT2D eigenvalue weighted by Crippen LogP contribution is 2.19. The molecule has 6 heteroatoms. The van der Waals surface area contributed by atoms with E-state index in [1.165, 1.54) is 270 Å². The molecule has 0 aromatic heterocycles. The summed E-state index contributed by atoms with van der Waals surface area (Å²) in [6.07, 6.45) is 86.3. The monoisotopic (exact) mass is 1120 g/mol. The largest absolute Gasteiger partial charge is 0.462 e. The van der Waals surface area contributed by atoms with Gasteiger partial charge in [0, 0.05) is 19.3 Å². The second-order valence-electron chi connectivity index (χ2n) is 24.5. The van der Waals surface area contributed by atoms with Crippen molar-refractivity contribution >= 4 is 17.9 Å². The summed E-state index contributed by atoms with van der Waals surface area (Å²) in [5.74, 6) is -0.876. The van der Waals surface area contributed by atoms with E-state index in [0.29, 0.717) is 19.3 Å². The molecular formula is C74H138O6. The highest BCUT2D eigenvalue weighted by atomic mass is 16.6. The van der Waals surface area contributed by atoms with Crippen LogP contribution in [0.25, 0.3) is 0 Å². The van der Waals surface area contributed by atoms with E-state index in [2.05, 4.69) is 57.2 Å². The SMILES string of the molecule is CCCCC/C=C\C/C=C\CCCCCCCC(=O)OC(COC(=O)CCCCCCC/C=C\CCCCCC)COC(=O)CCCCCCCCCCCCCCCCCCCCCCCCCCCCCCCCCCCC. The van der Waals surface area contributed by atoms with Gasteiger partial charge in [-0.15, -0.1) is 0 Å². The van der Waals surface area contributed by atoms with Gasteiger partial charge in [-0.1, -0.05) is 340 Å². The van der Waals surface area contributed by atoms with Crippen LogP contribution in [0.15, 0.2) is 36.5 Å². The first-order chi connectivity index (χ1) is 39.5. The summed E-state index contributed by atoms with van der Waals surface area (Å²) in [4.78, 5) is 38.3. The lowest BCUT2D eigenvalue weighted by atomic mass is 10.0. The smallest absolute Gasteiger partial charge is 0.306 e. The van der Waals surface area contributed by atoms with Crippen LogP contribution < -0.4 is 0 Å². The quantitative estimate of drug-likeness (QED) is 0.0261. The molecule has 0 saturated heterocycles. The molecule has 0 aromatic rings. The molecule has 0 aliphatic carbocycles. The molecule has 470 valence electrons. The minimum atomic E-state index is -0.781. The van der Waals surface area contributed by atoms with Gasteiger partial charge in [0.25, 0.3) is 0 Å². The number of hydrogen-bond donors (Lipinski definition) is 0. The summed E-state index contributed by atoms with van der Waals surface area (Å²) in [5.41, 5.74) is 0. The Bertz CT molecular complexity index is 1340. The molecule has 0 bridgehead atoms. The predicted octanol–water partition coefficient (Wildman–Crippen LogP) is 24.7. The Morgan fingerprint density at radius 2 is 0.450 bits per heavy atom. The van der Waals surface area contributed by atoms with Gasteiger partial charge >= 0.3 is 17.9 Å². The molecular weight excluding hydrogens is 985 g/mol. The molecule has 0 saturated carbocycles. The Balaban J connectivity index is 4.06. The molecule has 0 N–H and O–H groups in total. The first-order valence-electron chi connectivity index (χ1n) is 36.0. The van der Waals surface area contributed by atoms with Crippen molar-refractivity contribution in [3.8, 4) is 0 Å². The zero-order chi connectivity index (χ0) is 57.8. The Kier molecular flexibility index (Phi) is 67.1. The zero-order valence-corrected chi connectivity index (χ0v) is 54.1. The van der Waals surface area contributed by atoms with Gasteiger partial charge in [0.1, 0.15) is 13.2 Å². The van der Waals surface area contributed by atoms with Crippen LogP contribution in [0.4, 0.5) is 0 Å². The third-order valence-electron chi connectivity index (χ3n) is 16.4. The van der Waals surface area contributed by atoms with Crippen LogP contribution in [0.2, 0.25) is 0 Å². The number of carbonyl (C=O) groups is 3. The van der Waals surface area contributed by atoms with E-state index in [1.807, 2.05) is 0 Å². The van der Waals surface area contributed by atoms with Crippen molar-refractivity contribution in [2.24, 2.45) is 0 Å². The maximum atomic E-state index is 12.9. The van der Waals surface area contributed by atoms with Crippen molar-refractivity contribution in [3.63, 3.8) is 0 Å². The van der Waals surface area contributed by atoms with Crippen LogP contribution in [0.5, 0.6) is 0 Å². The minimum absolute atomic E-state index is 0.0765. The van der Waals surface area contributed by atoms with Crippen LogP contribution in [0.1, 0.15) is 400 Å². The minimum Gasteiger partial charge on any atom is -0.462 e. The van der Waals surface area contributed by atoms with E-state index < -0.39 is 6.10 Å². The van der Waals surface area contributed by atoms with Crippen molar-refractivity contribution in [1.82, 2.24) is 0 Å². The fourth-order valence-corrected chi connectivity index (χ4v) is 10.9. The van der Waals surface area contributed by atoms with Gasteiger partial charge in [-0.2, -0.15) is 0 Å². The maximum Gasteiger partial charge on any atom is 0.306 e. The topological polar surface area (TPSA) is 78.9 Å². The van der Waals surface area contributed by atoms with Gasteiger partial charge in [0.05, 0.1) is 0 Å². The van der Waals surface area contributed by atoms with Gasteiger partial charge in [0.15, 0.2) is 6.10 Å². The van der Waals surface area contributed by atoms with Crippen LogP contribution in [-0.2, 0) is 28.6 Å². The molecule has 0 spiro atoms. The zero-order valence-electron chi connectivity index (χ0n) is 54.1. The average molecular weight is 1120 g/mol. The predicted molar refractivity (Wildman–Crippen MR) is 349 cm³/mol. The first-order valence-corrected chi connectivity index (χ1v) is 36.0. The Morgan fingerprint density at radius 3 is 0.738 bits per heavy atom. The maximum absolute atomic E-state index is 12.9. The van der Waals surface area contributed by atoms with Crippen LogP contribution in [-0.4, -0.2) is 37.2 Å². The number of esters is 3. The lowest BCUT2D eigenvalue weighted by Gasteiger charge is -2.18. The summed E-state index contributed by atoms with van der Waals surface area (Å²) in [5, 5.41) is 0. The van der Waals surface area contributed by atoms with Gasteiger partial charge in [-0.25, -0.2) is 0 Å². The van der Waals surface area contributed by atoms with Crippen molar-refractivity contribution in [2.45, 2.75) is 406 Å². The number of unbranched alkanes of at least 4 members (excludes halogenated alkanes) is 50. The molecule has 1 unspecified atom stereocenters. The normalized spacial score (nSPS) is 12.2. The highest BCUT2D eigenvalue weighted by Gasteiger charge is 2.19. The fraction of sp³-hybridized carbons (Fsp3) is 0.878. The molecule has 80 heavy (non-hydrogen) atoms. The van der Waals surface area contributed by atoms with E-state index in [0.717, 1.165) is 89.9 Å². The van der Waals surface area contributed by atoms with Gasteiger partial charge < -0.3 is 14.2 Å². The van der Waals surface area contributed by atoms with Crippen molar-refractivity contribution in [3.05, 3.63) is 36.5 Å². The number of hydrogen-bond acceptors (Lipinski definition) is 6. The van der Waals surface area contributed by atoms with E-state index in [4.69, 9.17) is 14.2 Å². The second kappa shape index (κ2) is 69.1. The van der Waals surface area contributed by atoms with Crippen molar-refractivity contribution in [1.29, 1.82) is 0 Å². The van der Waals surface area contributed by atoms with E-state index >= 15 is 0 Å². The third kappa shape index (κ3) is 66.4. The van der Waals surface area contributed by atoms with Crippen LogP contribution in [0.3, 0.4) is 0 Å². The molecule has 0 aliphatic rings. The van der Waals surface area contributed by atoms with Crippen LogP contribution >= 0.6 is 0 Å². The lowest BCUT2D eigenvalue weighted by Crippen LogP contribution is -2.30. The molecule has 0 rings (SSSR count). The molecule has 0 radical (unpaired) electrons. The van der Waals surface area contributed by atoms with E-state index in [9.17, 15) is 14.4 Å². The standard InChI is InChI=1S/C74H138O6/c1-4-7-10-13-16-19-22-25-27-28-29-30-31-32-33-34-35-36-37-38-39-40-41-42-43-44-45-47-49-52-55-58-61-64-67-73(76)79-70-71(69-78-72(75)66-63-60-57-54-51-48-24-21-18-15-12-9-6-3)80-74(77)68-65-62-59-56-53-50-46-26-23-20-17-14-11-8-5-2/h17,20-21,24,26,46,71H,4-16,18-19,22-23,25,27-45,47-70H2,1-3H3/b20-17-,24-21-,46-26-. The van der Waals surface area contributed by atoms with Gasteiger partial charge in [0.2, 0.25) is 0 Å². The van der Waals surface area contributed by atoms with E-state index in [1.54, 1.807) is 0 Å². The molecule has 1 atom stereocenters. The van der Waals surface area contributed by atoms with Crippen molar-refractivity contribution < 1.29 is 28.6 Å². The molecule has 0 heterocycles. The van der Waals surface area contributed by atoms with Gasteiger partial charge in [-0.05, 0) is 77.0 Å². The number of allylic oxidation sites excluding steroid dienone is 6. The Hall–Kier alpha value is -2.37. The molecule has 6 nitrogen and oxygen atoms in total. The average Bonchev–Trinajstić information content (AvgIpc) is 3.46. The van der Waals surface area contributed by atoms with Crippen LogP contribution in [0, 0.1) is 0 Å². The van der Waals surface area contributed by atoms with Gasteiger partial charge in [-0.3, -0.25) is 14.4 Å². The van der Waals surface area contributed by atoms with E-state index in [-0.39, 0.29) is 31.1 Å². The molecule has 0 aliphatic heterocycles. The molecule has 0 amide bonds. The summed E-state index contributed by atoms with van der Waals surface area (Å²) in [7, 11) is 0. The molecule has 0 fully saturated rings. The fourth-order valence-electron chi connectivity index (χ4n) is 10.9. The third-order valence-corrected chi connectivity index (χ3v) is 16.4. The Morgan fingerprint density at radius 1 is 0.250 bits per heavy atom. The Labute approximate surface area is 499 Å². The highest BCUT2D eigenvalue weighted by molar-refractivity contribution is 5.71. The summed E-state index contributed by atoms with van der Waals surface area (Å²) >= 11 is 0. The second-order valence-corrected chi connectivity index (χ2v) is 24.5. The summed E-state index contributed by atoms with van der Waals surface area (Å²) in [6.45, 7) is 6.64. The first kappa shape index (κ1) is 77.6. The number of ether oxygens (including phenoxy) is 3.